The van der Waals surface area contributed by atoms with Crippen molar-refractivity contribution in [1.29, 1.82) is 0 Å². The number of aromatic amines is 1. The molecule has 1 aliphatic rings. The Balaban J connectivity index is 1.41. The van der Waals surface area contributed by atoms with E-state index >= 15 is 4.39 Å². The number of nitrogen functional groups attached to an aromatic ring is 1. The van der Waals surface area contributed by atoms with Gasteiger partial charge in [0.1, 0.15) is 28.6 Å². The molecule has 9 nitrogen and oxygen atoms in total. The average molecular weight is 549 g/mol. The Labute approximate surface area is 233 Å². The van der Waals surface area contributed by atoms with Crippen molar-refractivity contribution in [2.24, 2.45) is 0 Å². The zero-order valence-electron chi connectivity index (χ0n) is 22.1. The predicted molar refractivity (Wildman–Crippen MR) is 154 cm³/mol. The molecule has 3 aromatic heterocycles. The maximum Gasteiger partial charge on any atom is 0.265 e. The van der Waals surface area contributed by atoms with Crippen LogP contribution < -0.4 is 16.0 Å². The molecule has 0 spiro atoms. The second kappa shape index (κ2) is 9.53. The summed E-state index contributed by atoms with van der Waals surface area (Å²) in [4.78, 5) is 30.3. The Hall–Kier alpha value is -5.09. The van der Waals surface area contributed by atoms with Gasteiger partial charge in [0.15, 0.2) is 5.65 Å². The number of anilines is 1. The summed E-state index contributed by atoms with van der Waals surface area (Å²) in [6.07, 6.45) is 3.68. The van der Waals surface area contributed by atoms with E-state index in [1.54, 1.807) is 37.6 Å². The van der Waals surface area contributed by atoms with Crippen LogP contribution in [0.25, 0.3) is 50.3 Å². The number of nitrogens with zero attached hydrogens (tertiary/aromatic N) is 4. The molecule has 0 atom stereocenters. The third-order valence-corrected chi connectivity index (χ3v) is 7.58. The Morgan fingerprint density at radius 1 is 1.07 bits per heavy atom. The molecule has 0 unspecified atom stereocenters. The van der Waals surface area contributed by atoms with Crippen LogP contribution in [-0.2, 0) is 6.61 Å². The molecule has 0 radical (unpaired) electrons. The van der Waals surface area contributed by atoms with Gasteiger partial charge in [-0.05, 0) is 60.0 Å². The van der Waals surface area contributed by atoms with E-state index in [9.17, 15) is 9.90 Å². The number of methoxy groups -OCH3 is 1. The van der Waals surface area contributed by atoms with Crippen molar-refractivity contribution >= 4 is 27.9 Å². The number of hydrogen-bond donors (Lipinski definition) is 3. The van der Waals surface area contributed by atoms with Crippen molar-refractivity contribution in [3.63, 3.8) is 0 Å². The van der Waals surface area contributed by atoms with Crippen LogP contribution in [0.4, 0.5) is 10.3 Å². The number of aliphatic hydroxyl groups is 1. The Morgan fingerprint density at radius 3 is 2.66 bits per heavy atom. The van der Waals surface area contributed by atoms with Crippen molar-refractivity contribution in [1.82, 2.24) is 24.5 Å². The van der Waals surface area contributed by atoms with Gasteiger partial charge >= 0.3 is 0 Å². The number of ether oxygens (including phenoxy) is 1. The summed E-state index contributed by atoms with van der Waals surface area (Å²) >= 11 is 0. The molecule has 0 saturated heterocycles. The number of imidazole rings is 1. The number of para-hydroxylation sites is 1. The summed E-state index contributed by atoms with van der Waals surface area (Å²) < 4.78 is 22.1. The van der Waals surface area contributed by atoms with E-state index in [0.717, 1.165) is 24.0 Å². The number of nitrogens with two attached hydrogens (primary N) is 1. The highest BCUT2D eigenvalue weighted by Gasteiger charge is 2.26. The molecule has 6 aromatic rings. The first-order valence-electron chi connectivity index (χ1n) is 13.2. The number of aromatic nitrogens is 5. The van der Waals surface area contributed by atoms with Gasteiger partial charge in [-0.3, -0.25) is 9.36 Å². The number of hydrogen-bond acceptors (Lipinski definition) is 7. The fourth-order valence-electron chi connectivity index (χ4n) is 5.46. The SMILES string of the molecule is COc1ccccc1-c1nc2nc(N)nc(-c3cccc(-n4ccc5cc(C6CC6)cc(F)c5c4=O)c3CO)c2[nH]1. The van der Waals surface area contributed by atoms with Crippen molar-refractivity contribution in [3.8, 4) is 34.1 Å². The minimum Gasteiger partial charge on any atom is -0.496 e. The molecule has 41 heavy (non-hydrogen) atoms. The number of pyridine rings is 1. The highest BCUT2D eigenvalue weighted by molar-refractivity contribution is 5.92. The Kier molecular flexibility index (Phi) is 5.79. The van der Waals surface area contributed by atoms with E-state index in [4.69, 9.17) is 10.5 Å². The summed E-state index contributed by atoms with van der Waals surface area (Å²) in [7, 11) is 1.58. The summed E-state index contributed by atoms with van der Waals surface area (Å²) in [5, 5.41) is 11.1. The topological polar surface area (TPSA) is 132 Å². The van der Waals surface area contributed by atoms with Crippen LogP contribution in [0.3, 0.4) is 0 Å². The Morgan fingerprint density at radius 2 is 1.88 bits per heavy atom. The first-order chi connectivity index (χ1) is 20.0. The number of aliphatic hydroxyl groups excluding tert-OH is 1. The van der Waals surface area contributed by atoms with Gasteiger partial charge in [0.25, 0.3) is 5.56 Å². The summed E-state index contributed by atoms with van der Waals surface area (Å²) in [6.45, 7) is -0.419. The molecule has 4 N–H and O–H groups in total. The van der Waals surface area contributed by atoms with Crippen molar-refractivity contribution in [2.45, 2.75) is 25.4 Å². The smallest absolute Gasteiger partial charge is 0.265 e. The van der Waals surface area contributed by atoms with Gasteiger partial charge < -0.3 is 20.6 Å². The number of fused-ring (bicyclic) bond motifs is 2. The normalized spacial score (nSPS) is 13.2. The summed E-state index contributed by atoms with van der Waals surface area (Å²) in [6, 6.07) is 17.7. The lowest BCUT2D eigenvalue weighted by atomic mass is 10.0. The fraction of sp³-hybridized carbons (Fsp3) is 0.161. The van der Waals surface area contributed by atoms with Gasteiger partial charge in [0.2, 0.25) is 5.95 Å². The maximum atomic E-state index is 15.2. The second-order valence-corrected chi connectivity index (χ2v) is 10.1. The zero-order chi connectivity index (χ0) is 28.2. The number of rotatable bonds is 6. The summed E-state index contributed by atoms with van der Waals surface area (Å²) in [5.41, 5.74) is 9.79. The van der Waals surface area contributed by atoms with Crippen LogP contribution in [-0.4, -0.2) is 36.7 Å². The van der Waals surface area contributed by atoms with Gasteiger partial charge in [-0.2, -0.15) is 4.98 Å². The number of benzene rings is 3. The first-order valence-corrected chi connectivity index (χ1v) is 13.2. The molecule has 3 heterocycles. The van der Waals surface area contributed by atoms with Gasteiger partial charge in [0.05, 0.1) is 30.4 Å². The number of halogens is 1. The molecule has 0 amide bonds. The minimum absolute atomic E-state index is 0.00344. The lowest BCUT2D eigenvalue weighted by molar-refractivity contribution is 0.282. The third kappa shape index (κ3) is 4.11. The molecule has 1 aliphatic carbocycles. The molecule has 0 bridgehead atoms. The average Bonchev–Trinajstić information content (AvgIpc) is 3.75. The van der Waals surface area contributed by atoms with E-state index in [1.165, 1.54) is 10.6 Å². The second-order valence-electron chi connectivity index (χ2n) is 10.1. The Bertz CT molecular complexity index is 2050. The quantitative estimate of drug-likeness (QED) is 0.264. The van der Waals surface area contributed by atoms with Crippen molar-refractivity contribution in [2.75, 3.05) is 12.8 Å². The first kappa shape index (κ1) is 24.9. The monoisotopic (exact) mass is 548 g/mol. The van der Waals surface area contributed by atoms with Crippen LogP contribution in [0.1, 0.15) is 29.9 Å². The van der Waals surface area contributed by atoms with Gasteiger partial charge in [-0.1, -0.05) is 30.3 Å². The highest BCUT2D eigenvalue weighted by atomic mass is 19.1. The molecular weight excluding hydrogens is 523 g/mol. The molecular formula is C31H25FN6O3. The zero-order valence-corrected chi connectivity index (χ0v) is 22.1. The molecule has 7 rings (SSSR count). The van der Waals surface area contributed by atoms with Crippen LogP contribution in [0, 0.1) is 5.82 Å². The lowest BCUT2D eigenvalue weighted by Crippen LogP contribution is -2.20. The molecule has 204 valence electrons. The molecule has 3 aromatic carbocycles. The number of nitrogens with one attached hydrogen (secondary N) is 1. The fourth-order valence-corrected chi connectivity index (χ4v) is 5.46. The van der Waals surface area contributed by atoms with Crippen LogP contribution in [0.2, 0.25) is 0 Å². The van der Waals surface area contributed by atoms with E-state index in [2.05, 4.69) is 19.9 Å². The van der Waals surface area contributed by atoms with Crippen molar-refractivity contribution < 1.29 is 14.2 Å². The number of H-pyrrole nitrogens is 1. The maximum absolute atomic E-state index is 15.2. The predicted octanol–water partition coefficient (Wildman–Crippen LogP) is 5.09. The molecule has 0 aliphatic heterocycles. The van der Waals surface area contributed by atoms with Gasteiger partial charge in [0, 0.05) is 17.3 Å². The van der Waals surface area contributed by atoms with Crippen LogP contribution >= 0.6 is 0 Å². The van der Waals surface area contributed by atoms with Gasteiger partial charge in [-0.15, -0.1) is 0 Å². The highest BCUT2D eigenvalue weighted by Crippen LogP contribution is 2.41. The third-order valence-electron chi connectivity index (χ3n) is 7.58. The molecule has 1 fully saturated rings. The van der Waals surface area contributed by atoms with E-state index < -0.39 is 18.0 Å². The largest absolute Gasteiger partial charge is 0.496 e. The van der Waals surface area contributed by atoms with E-state index in [0.29, 0.717) is 56.6 Å². The van der Waals surface area contributed by atoms with E-state index in [1.807, 2.05) is 30.3 Å². The lowest BCUT2D eigenvalue weighted by Gasteiger charge is -2.16. The summed E-state index contributed by atoms with van der Waals surface area (Å²) in [5.74, 6) is 0.941. The molecule has 10 heteroatoms. The van der Waals surface area contributed by atoms with Gasteiger partial charge in [-0.25, -0.2) is 14.4 Å². The standard InChI is InChI=1S/C31H25FN6O3/c1-41-24-8-3-2-5-20(24)28-34-27-26(35-31(33)37-29(27)36-28)19-6-4-7-23(21(19)15-39)38-12-11-17-13-18(16-9-10-16)14-22(32)25(17)30(38)40/h2-8,11-14,16,39H,9-10,15H2,1H3,(H3,33,34,35,36,37). The molecule has 1 saturated carbocycles. The van der Waals surface area contributed by atoms with E-state index in [-0.39, 0.29) is 11.3 Å². The van der Waals surface area contributed by atoms with Crippen molar-refractivity contribution in [3.05, 3.63) is 94.2 Å². The van der Waals surface area contributed by atoms with Crippen LogP contribution in [0.15, 0.2) is 71.7 Å². The minimum atomic E-state index is -0.544. The van der Waals surface area contributed by atoms with Crippen LogP contribution in [0.5, 0.6) is 5.75 Å².